The van der Waals surface area contributed by atoms with Gasteiger partial charge in [0.25, 0.3) is 0 Å². The molecule has 0 amide bonds. The summed E-state index contributed by atoms with van der Waals surface area (Å²) in [6, 6.07) is 3.79. The fraction of sp³-hybridized carbons (Fsp3) is 0.500. The van der Waals surface area contributed by atoms with Gasteiger partial charge in [-0.05, 0) is 26.0 Å². The quantitative estimate of drug-likeness (QED) is 0.831. The summed E-state index contributed by atoms with van der Waals surface area (Å²) < 4.78 is 13.0. The highest BCUT2D eigenvalue weighted by atomic mass is 16.5. The summed E-state index contributed by atoms with van der Waals surface area (Å²) in [5, 5.41) is 3.45. The number of aryl methyl sites for hydroxylation is 1. The maximum Gasteiger partial charge on any atom is 0.133 e. The summed E-state index contributed by atoms with van der Waals surface area (Å²) in [4.78, 5) is 4.40. The van der Waals surface area contributed by atoms with Crippen molar-refractivity contribution in [3.63, 3.8) is 0 Å². The number of furan rings is 1. The van der Waals surface area contributed by atoms with Gasteiger partial charge >= 0.3 is 0 Å². The molecule has 0 saturated heterocycles. The molecule has 5 nitrogen and oxygen atoms in total. The van der Waals surface area contributed by atoms with E-state index in [9.17, 15) is 0 Å². The maximum atomic E-state index is 5.54. The SMILES string of the molecule is CCOC(C)CNC(c1ccco1)c1nccn1C. The second-order valence-electron chi connectivity index (χ2n) is 4.52. The molecular formula is C14H21N3O2. The van der Waals surface area contributed by atoms with Crippen LogP contribution in [0.15, 0.2) is 35.2 Å². The van der Waals surface area contributed by atoms with Crippen molar-refractivity contribution in [2.45, 2.75) is 26.0 Å². The number of hydrogen-bond donors (Lipinski definition) is 1. The van der Waals surface area contributed by atoms with Gasteiger partial charge < -0.3 is 13.7 Å². The van der Waals surface area contributed by atoms with Gasteiger partial charge in [0.1, 0.15) is 17.6 Å². The summed E-state index contributed by atoms with van der Waals surface area (Å²) in [7, 11) is 1.98. The fourth-order valence-electron chi connectivity index (χ4n) is 2.06. The second-order valence-corrected chi connectivity index (χ2v) is 4.52. The Balaban J connectivity index is 2.10. The van der Waals surface area contributed by atoms with Gasteiger partial charge in [0.2, 0.25) is 0 Å². The third-order valence-electron chi connectivity index (χ3n) is 3.00. The second kappa shape index (κ2) is 6.54. The molecular weight excluding hydrogens is 242 g/mol. The molecule has 2 unspecified atom stereocenters. The Morgan fingerprint density at radius 3 is 2.95 bits per heavy atom. The highest BCUT2D eigenvalue weighted by Gasteiger charge is 2.21. The summed E-state index contributed by atoms with van der Waals surface area (Å²) >= 11 is 0. The van der Waals surface area contributed by atoms with Crippen molar-refractivity contribution < 1.29 is 9.15 Å². The Hall–Kier alpha value is -1.59. The first-order valence-electron chi connectivity index (χ1n) is 6.58. The number of ether oxygens (including phenoxy) is 1. The number of aromatic nitrogens is 2. The van der Waals surface area contributed by atoms with Crippen LogP contribution in [-0.2, 0) is 11.8 Å². The molecule has 2 aromatic rings. The zero-order chi connectivity index (χ0) is 13.7. The van der Waals surface area contributed by atoms with Gasteiger partial charge in [0.15, 0.2) is 0 Å². The van der Waals surface area contributed by atoms with E-state index >= 15 is 0 Å². The number of nitrogens with one attached hydrogen (secondary N) is 1. The molecule has 2 aromatic heterocycles. The van der Waals surface area contributed by atoms with Crippen LogP contribution in [0.4, 0.5) is 0 Å². The first-order chi connectivity index (χ1) is 9.22. The maximum absolute atomic E-state index is 5.54. The predicted molar refractivity (Wildman–Crippen MR) is 72.8 cm³/mol. The van der Waals surface area contributed by atoms with E-state index in [2.05, 4.69) is 10.3 Å². The molecule has 0 fully saturated rings. The Bertz CT molecular complexity index is 479. The highest BCUT2D eigenvalue weighted by Crippen LogP contribution is 2.20. The monoisotopic (exact) mass is 263 g/mol. The van der Waals surface area contributed by atoms with Gasteiger partial charge in [-0.2, -0.15) is 0 Å². The molecule has 0 aliphatic rings. The zero-order valence-electron chi connectivity index (χ0n) is 11.7. The molecule has 0 saturated carbocycles. The molecule has 104 valence electrons. The normalized spacial score (nSPS) is 14.5. The van der Waals surface area contributed by atoms with Crippen molar-refractivity contribution >= 4 is 0 Å². The molecule has 0 aliphatic carbocycles. The van der Waals surface area contributed by atoms with Crippen molar-refractivity contribution in [1.29, 1.82) is 0 Å². The molecule has 0 aliphatic heterocycles. The Morgan fingerprint density at radius 2 is 2.37 bits per heavy atom. The van der Waals surface area contributed by atoms with Gasteiger partial charge in [0, 0.05) is 32.6 Å². The molecule has 0 radical (unpaired) electrons. The van der Waals surface area contributed by atoms with E-state index in [0.29, 0.717) is 0 Å². The Labute approximate surface area is 113 Å². The fourth-order valence-corrected chi connectivity index (χ4v) is 2.06. The minimum atomic E-state index is -0.0575. The molecule has 0 spiro atoms. The third kappa shape index (κ3) is 3.45. The zero-order valence-corrected chi connectivity index (χ0v) is 11.7. The minimum Gasteiger partial charge on any atom is -0.467 e. The first kappa shape index (κ1) is 13.8. The Kier molecular flexibility index (Phi) is 4.76. The van der Waals surface area contributed by atoms with Crippen LogP contribution in [0.5, 0.6) is 0 Å². The molecule has 0 aromatic carbocycles. The molecule has 5 heteroatoms. The van der Waals surface area contributed by atoms with Crippen molar-refractivity contribution in [3.05, 3.63) is 42.4 Å². The molecule has 2 heterocycles. The van der Waals surface area contributed by atoms with E-state index in [4.69, 9.17) is 9.15 Å². The molecule has 2 rings (SSSR count). The summed E-state index contributed by atoms with van der Waals surface area (Å²) in [5.41, 5.74) is 0. The van der Waals surface area contributed by atoms with Crippen molar-refractivity contribution in [3.8, 4) is 0 Å². The Morgan fingerprint density at radius 1 is 1.53 bits per heavy atom. The van der Waals surface area contributed by atoms with E-state index < -0.39 is 0 Å². The third-order valence-corrected chi connectivity index (χ3v) is 3.00. The lowest BCUT2D eigenvalue weighted by Crippen LogP contribution is -2.32. The predicted octanol–water partition coefficient (Wildman–Crippen LogP) is 2.12. The van der Waals surface area contributed by atoms with Crippen molar-refractivity contribution in [2.75, 3.05) is 13.2 Å². The minimum absolute atomic E-state index is 0.0575. The molecule has 2 atom stereocenters. The highest BCUT2D eigenvalue weighted by molar-refractivity contribution is 5.15. The van der Waals surface area contributed by atoms with Crippen LogP contribution >= 0.6 is 0 Å². The molecule has 0 bridgehead atoms. The van der Waals surface area contributed by atoms with Gasteiger partial charge in [-0.1, -0.05) is 0 Å². The van der Waals surface area contributed by atoms with E-state index in [1.54, 1.807) is 12.5 Å². The number of nitrogens with zero attached hydrogens (tertiary/aromatic N) is 2. The average Bonchev–Trinajstić information content (AvgIpc) is 3.03. The lowest BCUT2D eigenvalue weighted by atomic mass is 10.2. The van der Waals surface area contributed by atoms with Gasteiger partial charge in [-0.3, -0.25) is 5.32 Å². The van der Waals surface area contributed by atoms with Gasteiger partial charge in [0.05, 0.1) is 12.4 Å². The van der Waals surface area contributed by atoms with Gasteiger partial charge in [-0.25, -0.2) is 4.98 Å². The lowest BCUT2D eigenvalue weighted by Gasteiger charge is -2.19. The van der Waals surface area contributed by atoms with Crippen LogP contribution in [0.3, 0.4) is 0 Å². The summed E-state index contributed by atoms with van der Waals surface area (Å²) in [6.45, 7) is 5.51. The van der Waals surface area contributed by atoms with Crippen molar-refractivity contribution in [1.82, 2.24) is 14.9 Å². The van der Waals surface area contributed by atoms with Crippen LogP contribution in [0, 0.1) is 0 Å². The number of imidazole rings is 1. The van der Waals surface area contributed by atoms with Crippen molar-refractivity contribution in [2.24, 2.45) is 7.05 Å². The van der Waals surface area contributed by atoms with Crippen LogP contribution in [0.25, 0.3) is 0 Å². The largest absolute Gasteiger partial charge is 0.467 e. The molecule has 1 N–H and O–H groups in total. The first-order valence-corrected chi connectivity index (χ1v) is 6.58. The summed E-state index contributed by atoms with van der Waals surface area (Å²) in [6.07, 6.45) is 5.55. The number of hydrogen-bond acceptors (Lipinski definition) is 4. The lowest BCUT2D eigenvalue weighted by molar-refractivity contribution is 0.0741. The van der Waals surface area contributed by atoms with E-state index in [1.807, 2.05) is 43.8 Å². The number of rotatable bonds is 7. The van der Waals surface area contributed by atoms with Gasteiger partial charge in [-0.15, -0.1) is 0 Å². The molecule has 19 heavy (non-hydrogen) atoms. The van der Waals surface area contributed by atoms with Crippen LogP contribution < -0.4 is 5.32 Å². The summed E-state index contributed by atoms with van der Waals surface area (Å²) in [5.74, 6) is 1.79. The topological polar surface area (TPSA) is 52.2 Å². The van der Waals surface area contributed by atoms with E-state index in [-0.39, 0.29) is 12.1 Å². The standard InChI is InChI=1S/C14H21N3O2/c1-4-18-11(2)10-16-13(12-6-5-9-19-12)14-15-7-8-17(14)3/h5-9,11,13,16H,4,10H2,1-3H3. The van der Waals surface area contributed by atoms with Crippen LogP contribution in [-0.4, -0.2) is 28.8 Å². The van der Waals surface area contributed by atoms with Crippen LogP contribution in [0.1, 0.15) is 31.5 Å². The average molecular weight is 263 g/mol. The van der Waals surface area contributed by atoms with E-state index in [0.717, 1.165) is 24.7 Å². The van der Waals surface area contributed by atoms with E-state index in [1.165, 1.54) is 0 Å². The van der Waals surface area contributed by atoms with Crippen LogP contribution in [0.2, 0.25) is 0 Å². The smallest absolute Gasteiger partial charge is 0.133 e.